The Morgan fingerprint density at radius 2 is 1.97 bits per heavy atom. The highest BCUT2D eigenvalue weighted by Gasteiger charge is 2.26. The first-order valence-corrected chi connectivity index (χ1v) is 11.2. The molecule has 4 rings (SSSR count). The second kappa shape index (κ2) is 8.93. The van der Waals surface area contributed by atoms with Gasteiger partial charge in [-0.25, -0.2) is 4.79 Å². The van der Waals surface area contributed by atoms with Crippen LogP contribution in [0.1, 0.15) is 46.6 Å². The predicted octanol–water partition coefficient (Wildman–Crippen LogP) is 5.10. The Hall–Kier alpha value is -2.89. The summed E-state index contributed by atoms with van der Waals surface area (Å²) in [5, 5.41) is 3.37. The molecule has 5 nitrogen and oxygen atoms in total. The van der Waals surface area contributed by atoms with Crippen LogP contribution >= 0.6 is 0 Å². The lowest BCUT2D eigenvalue weighted by Gasteiger charge is -2.27. The first-order valence-electron chi connectivity index (χ1n) is 11.2. The first kappa shape index (κ1) is 22.3. The molecule has 1 aliphatic heterocycles. The molecule has 168 valence electrons. The van der Waals surface area contributed by atoms with Crippen LogP contribution in [0.2, 0.25) is 0 Å². The van der Waals surface area contributed by atoms with E-state index in [0.29, 0.717) is 18.7 Å². The summed E-state index contributed by atoms with van der Waals surface area (Å²) in [6.45, 7) is 16.5. The Morgan fingerprint density at radius 3 is 2.62 bits per heavy atom. The maximum Gasteiger partial charge on any atom is 0.338 e. The number of morpholine rings is 1. The van der Waals surface area contributed by atoms with E-state index in [0.717, 1.165) is 40.0 Å². The molecule has 5 heteroatoms. The number of hydrogen-bond acceptors (Lipinski definition) is 4. The van der Waals surface area contributed by atoms with Crippen molar-refractivity contribution < 1.29 is 14.3 Å². The molecule has 0 saturated carbocycles. The van der Waals surface area contributed by atoms with Crippen molar-refractivity contribution in [3.05, 3.63) is 71.1 Å². The fourth-order valence-corrected chi connectivity index (χ4v) is 4.32. The topological polar surface area (TPSA) is 52.0 Å². The maximum absolute atomic E-state index is 13.0. The predicted molar refractivity (Wildman–Crippen MR) is 129 cm³/mol. The molecule has 0 bridgehead atoms. The van der Waals surface area contributed by atoms with Crippen LogP contribution in [0.15, 0.2) is 43.1 Å². The van der Waals surface area contributed by atoms with Gasteiger partial charge in [0, 0.05) is 24.8 Å². The zero-order chi connectivity index (χ0) is 23.0. The lowest BCUT2D eigenvalue weighted by Crippen LogP contribution is -2.39. The van der Waals surface area contributed by atoms with Crippen LogP contribution in [-0.4, -0.2) is 42.3 Å². The Balaban J connectivity index is 1.93. The average Bonchev–Trinajstić information content (AvgIpc) is 3.18. The molecule has 1 atom stereocenters. The van der Waals surface area contributed by atoms with Crippen molar-refractivity contribution in [1.82, 2.24) is 9.72 Å². The summed E-state index contributed by atoms with van der Waals surface area (Å²) in [7, 11) is 0. The second-order valence-electron chi connectivity index (χ2n) is 8.86. The van der Waals surface area contributed by atoms with Gasteiger partial charge in [0.05, 0.1) is 35.6 Å². The van der Waals surface area contributed by atoms with Gasteiger partial charge in [-0.1, -0.05) is 24.8 Å². The molecular weight excluding hydrogens is 400 g/mol. The number of aryl methyl sites for hydroxylation is 2. The van der Waals surface area contributed by atoms with Crippen molar-refractivity contribution in [3.63, 3.8) is 0 Å². The lowest BCUT2D eigenvalue weighted by molar-refractivity contribution is 0.0376. The number of nitrogens with zero attached hydrogens (tertiary/aromatic N) is 1. The Kier molecular flexibility index (Phi) is 6.22. The van der Waals surface area contributed by atoms with E-state index in [1.165, 1.54) is 11.1 Å². The first-order chi connectivity index (χ1) is 15.3. The fourth-order valence-electron chi connectivity index (χ4n) is 4.32. The number of ether oxygens (including phenoxy) is 2. The minimum absolute atomic E-state index is 0.144. The maximum atomic E-state index is 13.0. The van der Waals surface area contributed by atoms with E-state index in [2.05, 4.69) is 60.6 Å². The second-order valence-corrected chi connectivity index (χ2v) is 8.86. The third-order valence-corrected chi connectivity index (χ3v) is 6.21. The molecule has 3 heterocycles. The van der Waals surface area contributed by atoms with E-state index in [1.807, 2.05) is 26.8 Å². The number of benzene rings is 1. The van der Waals surface area contributed by atoms with Crippen LogP contribution in [0, 0.1) is 20.8 Å². The normalized spacial score (nSPS) is 16.5. The van der Waals surface area contributed by atoms with E-state index in [1.54, 1.807) is 0 Å². The summed E-state index contributed by atoms with van der Waals surface area (Å²) in [5.41, 5.74) is 8.82. The van der Waals surface area contributed by atoms with Gasteiger partial charge in [-0.05, 0) is 74.6 Å². The summed E-state index contributed by atoms with van der Waals surface area (Å²) >= 11 is 0. The third kappa shape index (κ3) is 4.10. The zero-order valence-electron chi connectivity index (χ0n) is 19.6. The fraction of sp³-hybridized carbons (Fsp3) is 0.370. The monoisotopic (exact) mass is 432 g/mol. The third-order valence-electron chi connectivity index (χ3n) is 6.21. The standard InChI is InChI=1S/C27H32N2O3/c1-16(2)32-27(30)23-14-24-22(21-8-7-17(3)18(4)13-21)9-11-29(24)26(19(23)5)20(6)25-15-28-10-12-31-25/h7-9,11,13-14,16,25,28H,6,10,12,15H2,1-5H3. The summed E-state index contributed by atoms with van der Waals surface area (Å²) in [6, 6.07) is 10.5. The largest absolute Gasteiger partial charge is 0.459 e. The molecule has 1 fully saturated rings. The van der Waals surface area contributed by atoms with Gasteiger partial charge in [-0.3, -0.25) is 0 Å². The van der Waals surface area contributed by atoms with Crippen LogP contribution < -0.4 is 5.32 Å². The molecule has 32 heavy (non-hydrogen) atoms. The number of fused-ring (bicyclic) bond motifs is 1. The molecule has 2 aromatic heterocycles. The van der Waals surface area contributed by atoms with Crippen molar-refractivity contribution >= 4 is 17.1 Å². The number of rotatable bonds is 5. The van der Waals surface area contributed by atoms with Crippen LogP contribution in [0.5, 0.6) is 0 Å². The smallest absolute Gasteiger partial charge is 0.338 e. The van der Waals surface area contributed by atoms with Crippen molar-refractivity contribution in [1.29, 1.82) is 0 Å². The molecular formula is C27H32N2O3. The van der Waals surface area contributed by atoms with Crippen molar-refractivity contribution in [2.24, 2.45) is 0 Å². The van der Waals surface area contributed by atoms with Crippen LogP contribution in [0.25, 0.3) is 22.2 Å². The molecule has 1 aromatic carbocycles. The zero-order valence-corrected chi connectivity index (χ0v) is 19.6. The van der Waals surface area contributed by atoms with Gasteiger partial charge in [-0.2, -0.15) is 0 Å². The van der Waals surface area contributed by atoms with Gasteiger partial charge in [0.25, 0.3) is 0 Å². The van der Waals surface area contributed by atoms with Crippen LogP contribution in [0.4, 0.5) is 0 Å². The quantitative estimate of drug-likeness (QED) is 0.570. The summed E-state index contributed by atoms with van der Waals surface area (Å²) in [6.07, 6.45) is 1.72. The van der Waals surface area contributed by atoms with E-state index >= 15 is 0 Å². The molecule has 0 amide bonds. The Morgan fingerprint density at radius 1 is 1.19 bits per heavy atom. The molecule has 0 aliphatic carbocycles. The van der Waals surface area contributed by atoms with Gasteiger partial charge < -0.3 is 19.2 Å². The van der Waals surface area contributed by atoms with E-state index in [9.17, 15) is 4.79 Å². The minimum atomic E-state index is -0.316. The highest BCUT2D eigenvalue weighted by atomic mass is 16.5. The summed E-state index contributed by atoms with van der Waals surface area (Å²) in [4.78, 5) is 13.0. The van der Waals surface area contributed by atoms with Gasteiger partial charge in [-0.15, -0.1) is 0 Å². The number of esters is 1. The van der Waals surface area contributed by atoms with Crippen molar-refractivity contribution in [2.75, 3.05) is 19.7 Å². The number of pyridine rings is 1. The molecule has 0 radical (unpaired) electrons. The van der Waals surface area contributed by atoms with Crippen molar-refractivity contribution in [3.8, 4) is 11.1 Å². The van der Waals surface area contributed by atoms with Crippen LogP contribution in [0.3, 0.4) is 0 Å². The molecule has 1 N–H and O–H groups in total. The molecule has 1 unspecified atom stereocenters. The number of nitrogens with one attached hydrogen (secondary N) is 1. The number of carbonyl (C=O) groups is 1. The van der Waals surface area contributed by atoms with E-state index < -0.39 is 0 Å². The van der Waals surface area contributed by atoms with Gasteiger partial charge in [0.2, 0.25) is 0 Å². The highest BCUT2D eigenvalue weighted by molar-refractivity contribution is 5.97. The highest BCUT2D eigenvalue weighted by Crippen LogP contribution is 2.34. The minimum Gasteiger partial charge on any atom is -0.459 e. The number of carbonyl (C=O) groups excluding carboxylic acids is 1. The average molecular weight is 433 g/mol. The lowest BCUT2D eigenvalue weighted by atomic mass is 9.96. The molecule has 3 aromatic rings. The molecule has 1 aliphatic rings. The van der Waals surface area contributed by atoms with E-state index in [-0.39, 0.29) is 18.2 Å². The molecule has 1 saturated heterocycles. The van der Waals surface area contributed by atoms with Gasteiger partial charge in [0.1, 0.15) is 0 Å². The Labute approximate surface area is 190 Å². The summed E-state index contributed by atoms with van der Waals surface area (Å²) < 4.78 is 13.7. The number of aromatic nitrogens is 1. The SMILES string of the molecule is C=C(c1c(C)c(C(=O)OC(C)C)cc2c(-c3ccc(C)c(C)c3)ccn12)C1CNCCO1. The van der Waals surface area contributed by atoms with Crippen molar-refractivity contribution in [2.45, 2.75) is 46.8 Å². The summed E-state index contributed by atoms with van der Waals surface area (Å²) in [5.74, 6) is -0.316. The number of hydrogen-bond donors (Lipinski definition) is 1. The molecule has 0 spiro atoms. The van der Waals surface area contributed by atoms with Gasteiger partial charge >= 0.3 is 5.97 Å². The van der Waals surface area contributed by atoms with Crippen LogP contribution in [-0.2, 0) is 9.47 Å². The van der Waals surface area contributed by atoms with E-state index in [4.69, 9.17) is 9.47 Å². The van der Waals surface area contributed by atoms with Gasteiger partial charge in [0.15, 0.2) is 0 Å². The Bertz CT molecular complexity index is 1180.